The van der Waals surface area contributed by atoms with E-state index in [9.17, 15) is 4.79 Å². The Bertz CT molecular complexity index is 1170. The molecule has 3 heterocycles. The van der Waals surface area contributed by atoms with Gasteiger partial charge in [0.1, 0.15) is 12.1 Å². The van der Waals surface area contributed by atoms with Crippen molar-refractivity contribution in [2.24, 2.45) is 0 Å². The Morgan fingerprint density at radius 2 is 1.81 bits per heavy atom. The summed E-state index contributed by atoms with van der Waals surface area (Å²) in [5, 5.41) is 7.54. The summed E-state index contributed by atoms with van der Waals surface area (Å²) in [4.78, 5) is 23.9. The van der Waals surface area contributed by atoms with Crippen LogP contribution in [0.2, 0.25) is 0 Å². The van der Waals surface area contributed by atoms with Gasteiger partial charge < -0.3 is 10.2 Å². The maximum Gasteiger partial charge on any atom is 0.254 e. The van der Waals surface area contributed by atoms with E-state index in [2.05, 4.69) is 26.4 Å². The third-order valence-electron chi connectivity index (χ3n) is 5.76. The molecule has 1 fully saturated rings. The third-order valence-corrected chi connectivity index (χ3v) is 5.76. The number of benzene rings is 2. The second-order valence-corrected chi connectivity index (χ2v) is 7.76. The summed E-state index contributed by atoms with van der Waals surface area (Å²) < 4.78 is 1.80. The lowest BCUT2D eigenvalue weighted by Gasteiger charge is -2.37. The lowest BCUT2D eigenvalue weighted by molar-refractivity contribution is 0.0949. The first-order valence-corrected chi connectivity index (χ1v) is 10.7. The van der Waals surface area contributed by atoms with Crippen LogP contribution in [0.15, 0.2) is 73.1 Å². The predicted molar refractivity (Wildman–Crippen MR) is 120 cm³/mol. The number of nitrogens with zero attached hydrogens (tertiary/aromatic N) is 5. The molecule has 5 rings (SSSR count). The van der Waals surface area contributed by atoms with Gasteiger partial charge in [0.25, 0.3) is 11.7 Å². The summed E-state index contributed by atoms with van der Waals surface area (Å²) in [7, 11) is 0. The Kier molecular flexibility index (Phi) is 5.31. The minimum absolute atomic E-state index is 0.0447. The molecule has 31 heavy (non-hydrogen) atoms. The lowest BCUT2D eigenvalue weighted by Crippen LogP contribution is -2.47. The van der Waals surface area contributed by atoms with E-state index in [0.717, 1.165) is 42.9 Å². The highest BCUT2D eigenvalue weighted by molar-refractivity contribution is 5.94. The van der Waals surface area contributed by atoms with E-state index in [-0.39, 0.29) is 11.9 Å². The highest BCUT2D eigenvalue weighted by atomic mass is 16.1. The Labute approximate surface area is 180 Å². The van der Waals surface area contributed by atoms with Crippen molar-refractivity contribution in [1.29, 1.82) is 0 Å². The van der Waals surface area contributed by atoms with Gasteiger partial charge in [0.05, 0.1) is 5.69 Å². The van der Waals surface area contributed by atoms with E-state index >= 15 is 0 Å². The maximum absolute atomic E-state index is 12.6. The minimum atomic E-state index is -0.0447. The second kappa shape index (κ2) is 8.55. The molecule has 7 nitrogen and oxygen atoms in total. The molecule has 7 heteroatoms. The maximum atomic E-state index is 12.6. The number of rotatable bonds is 5. The van der Waals surface area contributed by atoms with Crippen molar-refractivity contribution in [3.63, 3.8) is 0 Å². The SMILES string of the molecule is O=C(NC[C@@H]1CCCCN1c1cc(-c2ccccc2)nc2ncnn12)c1ccccc1. The largest absolute Gasteiger partial charge is 0.352 e. The fourth-order valence-electron chi connectivity index (χ4n) is 4.17. The van der Waals surface area contributed by atoms with Gasteiger partial charge in [-0.3, -0.25) is 4.79 Å². The number of aromatic nitrogens is 4. The minimum Gasteiger partial charge on any atom is -0.352 e. The Balaban J connectivity index is 1.44. The van der Waals surface area contributed by atoms with Crippen molar-refractivity contribution in [3.8, 4) is 11.3 Å². The number of hydrogen-bond acceptors (Lipinski definition) is 5. The molecule has 1 amide bonds. The predicted octanol–water partition coefficient (Wildman–Crippen LogP) is 3.58. The summed E-state index contributed by atoms with van der Waals surface area (Å²) in [6, 6.07) is 21.7. The van der Waals surface area contributed by atoms with E-state index in [1.54, 1.807) is 4.52 Å². The zero-order valence-corrected chi connectivity index (χ0v) is 17.2. The Morgan fingerprint density at radius 3 is 2.61 bits per heavy atom. The molecule has 0 unspecified atom stereocenters. The molecule has 1 atom stereocenters. The number of nitrogens with one attached hydrogen (secondary N) is 1. The molecular weight excluding hydrogens is 388 g/mol. The van der Waals surface area contributed by atoms with Gasteiger partial charge in [-0.2, -0.15) is 14.6 Å². The number of carbonyl (C=O) groups excluding carboxylic acids is 1. The zero-order valence-electron chi connectivity index (χ0n) is 17.2. The number of anilines is 1. The molecule has 156 valence electrons. The molecule has 1 aliphatic rings. The Morgan fingerprint density at radius 1 is 1.03 bits per heavy atom. The number of hydrogen-bond donors (Lipinski definition) is 1. The monoisotopic (exact) mass is 412 g/mol. The van der Waals surface area contributed by atoms with Gasteiger partial charge in [0, 0.05) is 36.3 Å². The fraction of sp³-hybridized carbons (Fsp3) is 0.250. The number of carbonyl (C=O) groups is 1. The molecule has 0 bridgehead atoms. The summed E-state index contributed by atoms with van der Waals surface area (Å²) in [5.41, 5.74) is 2.59. The van der Waals surface area contributed by atoms with Crippen LogP contribution >= 0.6 is 0 Å². The quantitative estimate of drug-likeness (QED) is 0.542. The van der Waals surface area contributed by atoms with Crippen molar-refractivity contribution in [2.45, 2.75) is 25.3 Å². The molecular formula is C24H24N6O. The van der Waals surface area contributed by atoms with Crippen molar-refractivity contribution in [1.82, 2.24) is 24.9 Å². The summed E-state index contributed by atoms with van der Waals surface area (Å²) >= 11 is 0. The number of fused-ring (bicyclic) bond motifs is 1. The third kappa shape index (κ3) is 3.99. The first-order valence-electron chi connectivity index (χ1n) is 10.7. The molecule has 2 aromatic heterocycles. The zero-order chi connectivity index (χ0) is 21.0. The topological polar surface area (TPSA) is 75.4 Å². The van der Waals surface area contributed by atoms with Gasteiger partial charge in [-0.15, -0.1) is 0 Å². The molecule has 1 N–H and O–H groups in total. The van der Waals surface area contributed by atoms with Crippen molar-refractivity contribution in [2.75, 3.05) is 18.0 Å². The molecule has 0 aliphatic carbocycles. The van der Waals surface area contributed by atoms with E-state index in [1.807, 2.05) is 60.7 Å². The first kappa shape index (κ1) is 19.2. The smallest absolute Gasteiger partial charge is 0.254 e. The van der Waals surface area contributed by atoms with Gasteiger partial charge in [0.2, 0.25) is 0 Å². The van der Waals surface area contributed by atoms with E-state index < -0.39 is 0 Å². The lowest BCUT2D eigenvalue weighted by atomic mass is 10.0. The average Bonchev–Trinajstić information content (AvgIpc) is 3.32. The summed E-state index contributed by atoms with van der Waals surface area (Å²) in [6.45, 7) is 1.48. The van der Waals surface area contributed by atoms with Crippen LogP contribution in [0.4, 0.5) is 5.82 Å². The normalized spacial score (nSPS) is 16.4. The average molecular weight is 412 g/mol. The second-order valence-electron chi connectivity index (χ2n) is 7.76. The van der Waals surface area contributed by atoms with Crippen molar-refractivity contribution < 1.29 is 4.79 Å². The number of piperidine rings is 1. The molecule has 2 aromatic carbocycles. The molecule has 1 aliphatic heterocycles. The molecule has 0 radical (unpaired) electrons. The highest BCUT2D eigenvalue weighted by Crippen LogP contribution is 2.28. The van der Waals surface area contributed by atoms with Gasteiger partial charge in [-0.25, -0.2) is 4.98 Å². The van der Waals surface area contributed by atoms with Crippen LogP contribution < -0.4 is 10.2 Å². The standard InChI is InChI=1S/C24H24N6O/c31-23(19-11-5-2-6-12-19)25-16-20-13-7-8-14-29(20)22-15-21(18-9-3-1-4-10-18)28-24-26-17-27-30(22)24/h1-6,9-12,15,17,20H,7-8,13-14,16H2,(H,25,31)/t20-/m0/s1. The van der Waals surface area contributed by atoms with E-state index in [0.29, 0.717) is 17.9 Å². The Hall–Kier alpha value is -3.74. The van der Waals surface area contributed by atoms with Crippen LogP contribution in [0, 0.1) is 0 Å². The van der Waals surface area contributed by atoms with Crippen LogP contribution in [0.25, 0.3) is 17.0 Å². The van der Waals surface area contributed by atoms with Crippen LogP contribution in [0.1, 0.15) is 29.6 Å². The summed E-state index contributed by atoms with van der Waals surface area (Å²) in [6.07, 6.45) is 4.78. The van der Waals surface area contributed by atoms with E-state index in [1.165, 1.54) is 6.33 Å². The van der Waals surface area contributed by atoms with Crippen LogP contribution in [-0.2, 0) is 0 Å². The van der Waals surface area contributed by atoms with Gasteiger partial charge in [-0.1, -0.05) is 48.5 Å². The van der Waals surface area contributed by atoms with Crippen LogP contribution in [0.5, 0.6) is 0 Å². The van der Waals surface area contributed by atoms with E-state index in [4.69, 9.17) is 4.98 Å². The molecule has 0 saturated carbocycles. The summed E-state index contributed by atoms with van der Waals surface area (Å²) in [5.74, 6) is 1.49. The van der Waals surface area contributed by atoms with Crippen molar-refractivity contribution >= 4 is 17.5 Å². The molecule has 4 aromatic rings. The molecule has 1 saturated heterocycles. The number of amides is 1. The highest BCUT2D eigenvalue weighted by Gasteiger charge is 2.26. The van der Waals surface area contributed by atoms with Gasteiger partial charge >= 0.3 is 0 Å². The van der Waals surface area contributed by atoms with Crippen molar-refractivity contribution in [3.05, 3.63) is 78.6 Å². The fourth-order valence-corrected chi connectivity index (χ4v) is 4.17. The first-order chi connectivity index (χ1) is 15.3. The molecule has 0 spiro atoms. The van der Waals surface area contributed by atoms with Gasteiger partial charge in [-0.05, 0) is 31.4 Å². The van der Waals surface area contributed by atoms with Crippen LogP contribution in [0.3, 0.4) is 0 Å². The van der Waals surface area contributed by atoms with Crippen LogP contribution in [-0.4, -0.2) is 44.6 Å². The van der Waals surface area contributed by atoms with Gasteiger partial charge in [0.15, 0.2) is 0 Å².